The van der Waals surface area contributed by atoms with Crippen LogP contribution in [-0.4, -0.2) is 24.5 Å². The first kappa shape index (κ1) is 16.3. The number of alkyl halides is 1. The third-order valence-electron chi connectivity index (χ3n) is 3.17. The minimum Gasteiger partial charge on any atom is -0.497 e. The summed E-state index contributed by atoms with van der Waals surface area (Å²) < 4.78 is 5.26. The van der Waals surface area contributed by atoms with Crippen LogP contribution in [0, 0.1) is 12.8 Å². The molecule has 3 nitrogen and oxygen atoms in total. The first-order valence-electron chi connectivity index (χ1n) is 6.97. The van der Waals surface area contributed by atoms with Crippen molar-refractivity contribution in [3.8, 4) is 5.75 Å². The summed E-state index contributed by atoms with van der Waals surface area (Å²) in [7, 11) is 1.68. The van der Waals surface area contributed by atoms with Crippen molar-refractivity contribution in [3.05, 3.63) is 23.5 Å². The van der Waals surface area contributed by atoms with E-state index in [9.17, 15) is 0 Å². The number of nitrogens with zero attached hydrogens (tertiary/aromatic N) is 1. The van der Waals surface area contributed by atoms with Gasteiger partial charge < -0.3 is 10.1 Å². The maximum atomic E-state index is 5.83. The Bertz CT molecular complexity index is 365. The molecule has 19 heavy (non-hydrogen) atoms. The predicted octanol–water partition coefficient (Wildman–Crippen LogP) is 3.53. The second-order valence-corrected chi connectivity index (χ2v) is 5.28. The van der Waals surface area contributed by atoms with Gasteiger partial charge in [0.05, 0.1) is 12.8 Å². The second-order valence-electron chi connectivity index (χ2n) is 4.90. The van der Waals surface area contributed by atoms with Crippen molar-refractivity contribution >= 4 is 11.6 Å². The highest BCUT2D eigenvalue weighted by molar-refractivity contribution is 6.17. The lowest BCUT2D eigenvalue weighted by Gasteiger charge is -2.15. The number of aryl methyl sites for hydroxylation is 1. The Balaban J connectivity index is 2.45. The van der Waals surface area contributed by atoms with Gasteiger partial charge in [-0.1, -0.05) is 13.3 Å². The van der Waals surface area contributed by atoms with Gasteiger partial charge in [0.15, 0.2) is 0 Å². The molecule has 0 radical (unpaired) electrons. The zero-order valence-corrected chi connectivity index (χ0v) is 13.0. The Morgan fingerprint density at radius 3 is 2.79 bits per heavy atom. The lowest BCUT2D eigenvalue weighted by molar-refractivity contribution is 0.410. The first-order valence-corrected chi connectivity index (χ1v) is 7.51. The fraction of sp³-hybridized carbons (Fsp3) is 0.667. The molecule has 0 saturated heterocycles. The number of nitrogens with one attached hydrogen (secondary N) is 1. The van der Waals surface area contributed by atoms with Crippen LogP contribution in [0.4, 0.5) is 0 Å². The van der Waals surface area contributed by atoms with E-state index in [-0.39, 0.29) is 0 Å². The van der Waals surface area contributed by atoms with Crippen LogP contribution in [0.15, 0.2) is 12.1 Å². The van der Waals surface area contributed by atoms with Crippen LogP contribution in [0.25, 0.3) is 0 Å². The molecule has 0 aliphatic heterocycles. The molecule has 108 valence electrons. The molecule has 0 aliphatic carbocycles. The molecule has 1 N–H and O–H groups in total. The summed E-state index contributed by atoms with van der Waals surface area (Å²) in [5.74, 6) is 2.27. The van der Waals surface area contributed by atoms with Crippen molar-refractivity contribution in [2.45, 2.75) is 39.7 Å². The standard InChI is InChI=1S/C15H25ClN2O/c1-4-5-13(6-7-16)10-17-11-14-9-15(19-3)8-12(2)18-14/h8-9,13,17H,4-7,10-11H2,1-3H3. The first-order chi connectivity index (χ1) is 9.19. The molecular formula is C15H25ClN2O. The molecule has 1 unspecified atom stereocenters. The van der Waals surface area contributed by atoms with Gasteiger partial charge in [-0.25, -0.2) is 0 Å². The number of hydrogen-bond acceptors (Lipinski definition) is 3. The molecule has 1 atom stereocenters. The predicted molar refractivity (Wildman–Crippen MR) is 81.0 cm³/mol. The second kappa shape index (κ2) is 9.16. The molecular weight excluding hydrogens is 260 g/mol. The average molecular weight is 285 g/mol. The van der Waals surface area contributed by atoms with Gasteiger partial charge >= 0.3 is 0 Å². The number of ether oxygens (including phenoxy) is 1. The normalized spacial score (nSPS) is 12.4. The van der Waals surface area contributed by atoms with Crippen LogP contribution >= 0.6 is 11.6 Å². The summed E-state index contributed by atoms with van der Waals surface area (Å²) in [4.78, 5) is 4.50. The molecule has 0 bridgehead atoms. The third kappa shape index (κ3) is 6.26. The van der Waals surface area contributed by atoms with E-state index >= 15 is 0 Å². The Hall–Kier alpha value is -0.800. The number of rotatable bonds is 9. The maximum absolute atomic E-state index is 5.83. The Morgan fingerprint density at radius 1 is 1.37 bits per heavy atom. The van der Waals surface area contributed by atoms with E-state index in [0.717, 1.165) is 42.5 Å². The van der Waals surface area contributed by atoms with Crippen molar-refractivity contribution < 1.29 is 4.74 Å². The van der Waals surface area contributed by atoms with Gasteiger partial charge in [-0.15, -0.1) is 11.6 Å². The Kier molecular flexibility index (Phi) is 7.84. The van der Waals surface area contributed by atoms with Crippen LogP contribution in [0.1, 0.15) is 37.6 Å². The van der Waals surface area contributed by atoms with Gasteiger partial charge in [0.1, 0.15) is 5.75 Å². The molecule has 0 aromatic carbocycles. The summed E-state index contributed by atoms with van der Waals surface area (Å²) >= 11 is 5.83. The third-order valence-corrected chi connectivity index (χ3v) is 3.39. The molecule has 1 aromatic rings. The monoisotopic (exact) mass is 284 g/mol. The van der Waals surface area contributed by atoms with Crippen molar-refractivity contribution in [3.63, 3.8) is 0 Å². The highest BCUT2D eigenvalue weighted by Gasteiger charge is 2.07. The minimum atomic E-state index is 0.661. The van der Waals surface area contributed by atoms with Gasteiger partial charge in [0.2, 0.25) is 0 Å². The van der Waals surface area contributed by atoms with E-state index in [0.29, 0.717) is 5.92 Å². The highest BCUT2D eigenvalue weighted by Crippen LogP contribution is 2.14. The van der Waals surface area contributed by atoms with E-state index in [2.05, 4.69) is 17.2 Å². The number of hydrogen-bond donors (Lipinski definition) is 1. The van der Waals surface area contributed by atoms with Crippen LogP contribution in [0.5, 0.6) is 5.75 Å². The molecule has 4 heteroatoms. The van der Waals surface area contributed by atoms with Crippen molar-refractivity contribution in [2.75, 3.05) is 19.5 Å². The van der Waals surface area contributed by atoms with Crippen molar-refractivity contribution in [1.82, 2.24) is 10.3 Å². The number of pyridine rings is 1. The molecule has 1 heterocycles. The molecule has 1 aromatic heterocycles. The van der Waals surface area contributed by atoms with Gasteiger partial charge in [-0.2, -0.15) is 0 Å². The SMILES string of the molecule is CCCC(CCCl)CNCc1cc(OC)cc(C)n1. The van der Waals surface area contributed by atoms with E-state index in [1.165, 1.54) is 12.8 Å². The number of aromatic nitrogens is 1. The zero-order chi connectivity index (χ0) is 14.1. The number of methoxy groups -OCH3 is 1. The molecule has 0 fully saturated rings. The summed E-state index contributed by atoms with van der Waals surface area (Å²) in [6.45, 7) is 5.98. The largest absolute Gasteiger partial charge is 0.497 e. The van der Waals surface area contributed by atoms with Crippen LogP contribution in [-0.2, 0) is 6.54 Å². The molecule has 0 aliphatic rings. The Morgan fingerprint density at radius 2 is 2.16 bits per heavy atom. The van der Waals surface area contributed by atoms with Crippen molar-refractivity contribution in [2.24, 2.45) is 5.92 Å². The fourth-order valence-electron chi connectivity index (χ4n) is 2.23. The van der Waals surface area contributed by atoms with Crippen LogP contribution in [0.3, 0.4) is 0 Å². The minimum absolute atomic E-state index is 0.661. The maximum Gasteiger partial charge on any atom is 0.122 e. The lowest BCUT2D eigenvalue weighted by atomic mass is 10.0. The lowest BCUT2D eigenvalue weighted by Crippen LogP contribution is -2.23. The fourth-order valence-corrected chi connectivity index (χ4v) is 2.54. The van der Waals surface area contributed by atoms with Gasteiger partial charge in [0, 0.05) is 30.3 Å². The topological polar surface area (TPSA) is 34.1 Å². The molecule has 1 rings (SSSR count). The van der Waals surface area contributed by atoms with Crippen LogP contribution < -0.4 is 10.1 Å². The van der Waals surface area contributed by atoms with Gasteiger partial charge in [-0.3, -0.25) is 4.98 Å². The summed E-state index contributed by atoms with van der Waals surface area (Å²) in [6.07, 6.45) is 3.51. The average Bonchev–Trinajstić information content (AvgIpc) is 2.38. The summed E-state index contributed by atoms with van der Waals surface area (Å²) in [6, 6.07) is 3.92. The smallest absolute Gasteiger partial charge is 0.122 e. The Labute approximate surface area is 121 Å². The highest BCUT2D eigenvalue weighted by atomic mass is 35.5. The van der Waals surface area contributed by atoms with Crippen molar-refractivity contribution in [1.29, 1.82) is 0 Å². The van der Waals surface area contributed by atoms with Crippen LogP contribution in [0.2, 0.25) is 0 Å². The van der Waals surface area contributed by atoms with Gasteiger partial charge in [0.25, 0.3) is 0 Å². The van der Waals surface area contributed by atoms with E-state index in [1.807, 2.05) is 19.1 Å². The summed E-state index contributed by atoms with van der Waals surface area (Å²) in [5.41, 5.74) is 2.01. The van der Waals surface area contributed by atoms with Gasteiger partial charge in [-0.05, 0) is 32.2 Å². The van der Waals surface area contributed by atoms with E-state index in [1.54, 1.807) is 7.11 Å². The molecule has 0 saturated carbocycles. The van der Waals surface area contributed by atoms with E-state index in [4.69, 9.17) is 16.3 Å². The quantitative estimate of drug-likeness (QED) is 0.705. The van der Waals surface area contributed by atoms with E-state index < -0.39 is 0 Å². The zero-order valence-electron chi connectivity index (χ0n) is 12.2. The molecule has 0 amide bonds. The number of halogens is 1. The molecule has 0 spiro atoms. The summed E-state index contributed by atoms with van der Waals surface area (Å²) in [5, 5.41) is 3.47.